The molecule has 0 saturated carbocycles. The van der Waals surface area contributed by atoms with Gasteiger partial charge in [0.1, 0.15) is 11.5 Å². The summed E-state index contributed by atoms with van der Waals surface area (Å²) in [7, 11) is 0. The van der Waals surface area contributed by atoms with Gasteiger partial charge in [-0.15, -0.1) is 0 Å². The zero-order valence-electron chi connectivity index (χ0n) is 12.2. The van der Waals surface area contributed by atoms with Crippen LogP contribution in [0.15, 0.2) is 18.3 Å². The Kier molecular flexibility index (Phi) is 3.90. The highest BCUT2D eigenvalue weighted by atomic mass is 19.4. The molecular weight excluding hydrogens is 297 g/mol. The number of hydrogen-bond donors (Lipinski definition) is 2. The van der Waals surface area contributed by atoms with E-state index in [-0.39, 0.29) is 23.0 Å². The average molecular weight is 312 g/mol. The molecular formula is C13H15F3N6. The van der Waals surface area contributed by atoms with Gasteiger partial charge in [0.2, 0.25) is 11.9 Å². The van der Waals surface area contributed by atoms with E-state index in [4.69, 9.17) is 5.73 Å². The summed E-state index contributed by atoms with van der Waals surface area (Å²) in [4.78, 5) is 15.4. The SMILES string of the molecule is CC(C)(C)c1nc(N)nc(Nc2ccnc(C(F)(F)F)c2)n1. The number of anilines is 3. The molecule has 0 fully saturated rings. The monoisotopic (exact) mass is 312 g/mol. The topological polar surface area (TPSA) is 89.6 Å². The van der Waals surface area contributed by atoms with E-state index in [1.54, 1.807) is 0 Å². The Hall–Kier alpha value is -2.45. The summed E-state index contributed by atoms with van der Waals surface area (Å²) in [5.41, 5.74) is 4.40. The molecule has 3 N–H and O–H groups in total. The van der Waals surface area contributed by atoms with E-state index in [1.165, 1.54) is 6.07 Å². The fraction of sp³-hybridized carbons (Fsp3) is 0.385. The van der Waals surface area contributed by atoms with E-state index in [1.807, 2.05) is 20.8 Å². The van der Waals surface area contributed by atoms with Gasteiger partial charge in [-0.2, -0.15) is 28.1 Å². The number of nitrogens with zero attached hydrogens (tertiary/aromatic N) is 4. The second-order valence-electron chi connectivity index (χ2n) is 5.64. The predicted molar refractivity (Wildman–Crippen MR) is 75.5 cm³/mol. The molecule has 2 aromatic rings. The third-order valence-electron chi connectivity index (χ3n) is 2.63. The minimum atomic E-state index is -4.52. The molecule has 22 heavy (non-hydrogen) atoms. The van der Waals surface area contributed by atoms with E-state index in [0.29, 0.717) is 5.82 Å². The zero-order chi connectivity index (χ0) is 16.5. The number of nitrogen functional groups attached to an aromatic ring is 1. The van der Waals surface area contributed by atoms with Gasteiger partial charge in [0.15, 0.2) is 0 Å². The van der Waals surface area contributed by atoms with Crippen LogP contribution in [0.25, 0.3) is 0 Å². The quantitative estimate of drug-likeness (QED) is 0.886. The van der Waals surface area contributed by atoms with Crippen molar-refractivity contribution in [2.75, 3.05) is 11.1 Å². The van der Waals surface area contributed by atoms with Crippen molar-refractivity contribution < 1.29 is 13.2 Å². The normalized spacial score (nSPS) is 12.3. The Morgan fingerprint density at radius 1 is 1.09 bits per heavy atom. The molecule has 9 heteroatoms. The predicted octanol–water partition coefficient (Wildman–Crippen LogP) is 2.91. The number of rotatable bonds is 2. The van der Waals surface area contributed by atoms with Gasteiger partial charge in [0.25, 0.3) is 0 Å². The lowest BCUT2D eigenvalue weighted by atomic mass is 9.96. The molecule has 0 aliphatic heterocycles. The second-order valence-corrected chi connectivity index (χ2v) is 5.64. The minimum Gasteiger partial charge on any atom is -0.368 e. The van der Waals surface area contributed by atoms with E-state index < -0.39 is 11.9 Å². The number of pyridine rings is 1. The summed E-state index contributed by atoms with van der Waals surface area (Å²) in [5.74, 6) is 0.511. The molecule has 0 amide bonds. The third kappa shape index (κ3) is 3.80. The lowest BCUT2D eigenvalue weighted by Crippen LogP contribution is -2.19. The Bertz CT molecular complexity index is 678. The van der Waals surface area contributed by atoms with Crippen LogP contribution in [-0.2, 0) is 11.6 Å². The van der Waals surface area contributed by atoms with Gasteiger partial charge < -0.3 is 11.1 Å². The summed E-state index contributed by atoms with van der Waals surface area (Å²) in [5, 5.41) is 2.69. The van der Waals surface area contributed by atoms with Crippen molar-refractivity contribution >= 4 is 17.6 Å². The number of alkyl halides is 3. The Labute approximate surface area is 125 Å². The molecule has 0 saturated heterocycles. The van der Waals surface area contributed by atoms with Gasteiger partial charge in [-0.25, -0.2) is 0 Å². The number of nitrogens with one attached hydrogen (secondary N) is 1. The first-order chi connectivity index (χ1) is 10.1. The fourth-order valence-electron chi connectivity index (χ4n) is 1.58. The van der Waals surface area contributed by atoms with Gasteiger partial charge in [0.05, 0.1) is 0 Å². The summed E-state index contributed by atoms with van der Waals surface area (Å²) < 4.78 is 37.9. The van der Waals surface area contributed by atoms with Crippen LogP contribution in [0, 0.1) is 0 Å². The van der Waals surface area contributed by atoms with E-state index in [0.717, 1.165) is 12.3 Å². The first-order valence-corrected chi connectivity index (χ1v) is 6.38. The van der Waals surface area contributed by atoms with Gasteiger partial charge in [-0.3, -0.25) is 4.98 Å². The largest absolute Gasteiger partial charge is 0.433 e. The highest BCUT2D eigenvalue weighted by Gasteiger charge is 2.32. The molecule has 2 heterocycles. The van der Waals surface area contributed by atoms with Crippen molar-refractivity contribution in [3.8, 4) is 0 Å². The molecule has 0 spiro atoms. The summed E-state index contributed by atoms with van der Waals surface area (Å²) in [6, 6.07) is 2.25. The Morgan fingerprint density at radius 2 is 1.77 bits per heavy atom. The first kappa shape index (κ1) is 15.9. The maximum absolute atomic E-state index is 12.6. The first-order valence-electron chi connectivity index (χ1n) is 6.38. The summed E-state index contributed by atoms with van der Waals surface area (Å²) in [6.07, 6.45) is -3.47. The van der Waals surface area contributed by atoms with E-state index in [9.17, 15) is 13.2 Å². The van der Waals surface area contributed by atoms with Crippen LogP contribution in [-0.4, -0.2) is 19.9 Å². The number of hydrogen-bond acceptors (Lipinski definition) is 6. The lowest BCUT2D eigenvalue weighted by molar-refractivity contribution is -0.141. The smallest absolute Gasteiger partial charge is 0.368 e. The molecule has 0 aliphatic carbocycles. The molecule has 0 unspecified atom stereocenters. The van der Waals surface area contributed by atoms with Crippen LogP contribution >= 0.6 is 0 Å². The van der Waals surface area contributed by atoms with Gasteiger partial charge in [0, 0.05) is 17.3 Å². The van der Waals surface area contributed by atoms with Crippen LogP contribution in [0.2, 0.25) is 0 Å². The highest BCUT2D eigenvalue weighted by Crippen LogP contribution is 2.29. The molecule has 0 aromatic carbocycles. The molecule has 118 valence electrons. The van der Waals surface area contributed by atoms with Crippen LogP contribution in [0.4, 0.5) is 30.8 Å². The van der Waals surface area contributed by atoms with Crippen LogP contribution in [0.3, 0.4) is 0 Å². The van der Waals surface area contributed by atoms with Crippen molar-refractivity contribution in [2.45, 2.75) is 32.4 Å². The summed E-state index contributed by atoms with van der Waals surface area (Å²) >= 11 is 0. The van der Waals surface area contributed by atoms with Gasteiger partial charge in [-0.1, -0.05) is 20.8 Å². The lowest BCUT2D eigenvalue weighted by Gasteiger charge is -2.17. The highest BCUT2D eigenvalue weighted by molar-refractivity contribution is 5.54. The van der Waals surface area contributed by atoms with Crippen LogP contribution in [0.1, 0.15) is 32.3 Å². The molecule has 2 rings (SSSR count). The maximum Gasteiger partial charge on any atom is 0.433 e. The fourth-order valence-corrected chi connectivity index (χ4v) is 1.58. The molecule has 2 aromatic heterocycles. The van der Waals surface area contributed by atoms with Crippen molar-refractivity contribution in [2.24, 2.45) is 0 Å². The maximum atomic E-state index is 12.6. The van der Waals surface area contributed by atoms with E-state index in [2.05, 4.69) is 25.3 Å². The Balaban J connectivity index is 2.34. The molecule has 0 aliphatic rings. The standard InChI is InChI=1S/C13H15F3N6/c1-12(2,3)9-20-10(17)22-11(21-9)19-7-4-5-18-8(6-7)13(14,15)16/h4-6H,1-3H3,(H3,17,18,19,20,21,22). The van der Waals surface area contributed by atoms with Gasteiger partial charge in [-0.05, 0) is 12.1 Å². The molecule has 0 radical (unpaired) electrons. The molecule has 0 bridgehead atoms. The molecule has 0 atom stereocenters. The minimum absolute atomic E-state index is 0.00692. The van der Waals surface area contributed by atoms with Gasteiger partial charge >= 0.3 is 6.18 Å². The zero-order valence-corrected chi connectivity index (χ0v) is 12.2. The second kappa shape index (κ2) is 5.39. The van der Waals surface area contributed by atoms with Crippen molar-refractivity contribution in [3.05, 3.63) is 29.8 Å². The average Bonchev–Trinajstić information content (AvgIpc) is 2.36. The van der Waals surface area contributed by atoms with Crippen molar-refractivity contribution in [1.29, 1.82) is 0 Å². The third-order valence-corrected chi connectivity index (χ3v) is 2.63. The van der Waals surface area contributed by atoms with Crippen LogP contribution in [0.5, 0.6) is 0 Å². The number of aromatic nitrogens is 4. The molecule has 6 nitrogen and oxygen atoms in total. The van der Waals surface area contributed by atoms with Crippen molar-refractivity contribution in [3.63, 3.8) is 0 Å². The number of nitrogens with two attached hydrogens (primary N) is 1. The summed E-state index contributed by atoms with van der Waals surface area (Å²) in [6.45, 7) is 5.67. The van der Waals surface area contributed by atoms with Crippen molar-refractivity contribution in [1.82, 2.24) is 19.9 Å². The van der Waals surface area contributed by atoms with Crippen LogP contribution < -0.4 is 11.1 Å². The number of halogens is 3. The Morgan fingerprint density at radius 3 is 2.36 bits per heavy atom. The van der Waals surface area contributed by atoms with E-state index >= 15 is 0 Å².